The van der Waals surface area contributed by atoms with Gasteiger partial charge in [-0.3, -0.25) is 15.1 Å². The molecule has 2 aromatic heterocycles. The maximum Gasteiger partial charge on any atom is 0.290 e. The number of nitrogens with zero attached hydrogens (tertiary/aromatic N) is 3. The topological polar surface area (TPSA) is 81.0 Å². The van der Waals surface area contributed by atoms with Crippen LogP contribution >= 0.6 is 0 Å². The summed E-state index contributed by atoms with van der Waals surface area (Å²) < 4.78 is 0. The lowest BCUT2D eigenvalue weighted by atomic mass is 10.1. The van der Waals surface area contributed by atoms with Crippen LogP contribution in [0.15, 0.2) is 30.7 Å². The summed E-state index contributed by atoms with van der Waals surface area (Å²) in [5, 5.41) is 13.8. The first-order chi connectivity index (χ1) is 9.08. The summed E-state index contributed by atoms with van der Waals surface area (Å²) in [4.78, 5) is 18.3. The quantitative estimate of drug-likeness (QED) is 0.673. The van der Waals surface area contributed by atoms with Crippen LogP contribution in [0.2, 0.25) is 0 Å². The average Bonchev–Trinajstić information content (AvgIpc) is 2.37. The average molecular weight is 258 g/mol. The van der Waals surface area contributed by atoms with E-state index in [0.717, 1.165) is 11.1 Å². The lowest BCUT2D eigenvalue weighted by molar-refractivity contribution is -0.385. The highest BCUT2D eigenvalue weighted by atomic mass is 16.6. The van der Waals surface area contributed by atoms with Gasteiger partial charge in [-0.05, 0) is 37.1 Å². The maximum atomic E-state index is 10.7. The van der Waals surface area contributed by atoms with Crippen molar-refractivity contribution in [1.29, 1.82) is 0 Å². The molecule has 2 rings (SSSR count). The number of anilines is 1. The Balaban J connectivity index is 2.11. The van der Waals surface area contributed by atoms with E-state index in [1.807, 2.05) is 13.0 Å². The molecule has 0 amide bonds. The molecule has 98 valence electrons. The van der Waals surface area contributed by atoms with Crippen LogP contribution in [0.3, 0.4) is 0 Å². The number of nitrogens with one attached hydrogen (secondary N) is 1. The second-order valence-corrected chi connectivity index (χ2v) is 4.27. The first-order valence-electron chi connectivity index (χ1n) is 5.82. The Morgan fingerprint density at radius 3 is 2.74 bits per heavy atom. The third kappa shape index (κ3) is 3.04. The Bertz CT molecular complexity index is 613. The smallest absolute Gasteiger partial charge is 0.290 e. The molecular weight excluding hydrogens is 244 g/mol. The first-order valence-corrected chi connectivity index (χ1v) is 5.82. The van der Waals surface area contributed by atoms with Gasteiger partial charge in [0.15, 0.2) is 0 Å². The maximum absolute atomic E-state index is 10.7. The van der Waals surface area contributed by atoms with Gasteiger partial charge in [0.05, 0.1) is 4.92 Å². The number of rotatable bonds is 4. The summed E-state index contributed by atoms with van der Waals surface area (Å²) in [6.45, 7) is 4.29. The monoisotopic (exact) mass is 258 g/mol. The van der Waals surface area contributed by atoms with E-state index in [1.165, 1.54) is 6.20 Å². The summed E-state index contributed by atoms with van der Waals surface area (Å²) in [6, 6.07) is 3.61. The van der Waals surface area contributed by atoms with Crippen LogP contribution in [0.5, 0.6) is 0 Å². The van der Waals surface area contributed by atoms with E-state index in [4.69, 9.17) is 0 Å². The molecule has 6 nitrogen and oxygen atoms in total. The van der Waals surface area contributed by atoms with Gasteiger partial charge in [-0.1, -0.05) is 0 Å². The van der Waals surface area contributed by atoms with Crippen LogP contribution in [0.1, 0.15) is 16.7 Å². The fourth-order valence-electron chi connectivity index (χ4n) is 1.72. The molecule has 0 aliphatic rings. The summed E-state index contributed by atoms with van der Waals surface area (Å²) in [6.07, 6.45) is 4.81. The van der Waals surface area contributed by atoms with Crippen LogP contribution in [-0.2, 0) is 6.54 Å². The van der Waals surface area contributed by atoms with Crippen molar-refractivity contribution in [2.24, 2.45) is 0 Å². The lowest BCUT2D eigenvalue weighted by Crippen LogP contribution is -2.04. The Labute approximate surface area is 110 Å². The molecule has 19 heavy (non-hydrogen) atoms. The molecule has 0 atom stereocenters. The van der Waals surface area contributed by atoms with Crippen molar-refractivity contribution >= 4 is 11.5 Å². The van der Waals surface area contributed by atoms with Gasteiger partial charge in [-0.15, -0.1) is 0 Å². The normalized spacial score (nSPS) is 10.2. The van der Waals surface area contributed by atoms with Gasteiger partial charge in [-0.25, -0.2) is 4.98 Å². The number of nitro groups is 1. The van der Waals surface area contributed by atoms with Crippen molar-refractivity contribution in [3.8, 4) is 0 Å². The van der Waals surface area contributed by atoms with Crippen molar-refractivity contribution in [2.45, 2.75) is 20.4 Å². The largest absolute Gasteiger partial charge is 0.366 e. The van der Waals surface area contributed by atoms with E-state index >= 15 is 0 Å². The van der Waals surface area contributed by atoms with Crippen molar-refractivity contribution in [3.05, 3.63) is 57.5 Å². The van der Waals surface area contributed by atoms with E-state index in [1.54, 1.807) is 25.4 Å². The van der Waals surface area contributed by atoms with E-state index in [9.17, 15) is 10.1 Å². The minimum atomic E-state index is -0.431. The predicted octanol–water partition coefficient (Wildman–Crippen LogP) is 2.61. The molecule has 2 heterocycles. The minimum Gasteiger partial charge on any atom is -0.366 e. The molecule has 0 aliphatic carbocycles. The van der Waals surface area contributed by atoms with Gasteiger partial charge in [0.1, 0.15) is 12.0 Å². The first kappa shape index (κ1) is 12.9. The SMILES string of the molecule is Cc1cnccc1CNc1cc(C)c([N+](=O)[O-])cn1. The van der Waals surface area contributed by atoms with E-state index in [0.29, 0.717) is 17.9 Å². The zero-order valence-corrected chi connectivity index (χ0v) is 10.8. The number of hydrogen-bond acceptors (Lipinski definition) is 5. The molecule has 1 N–H and O–H groups in total. The molecule has 0 fully saturated rings. The van der Waals surface area contributed by atoms with Gasteiger partial charge in [0.25, 0.3) is 5.69 Å². The van der Waals surface area contributed by atoms with Gasteiger partial charge in [0.2, 0.25) is 0 Å². The van der Waals surface area contributed by atoms with Gasteiger partial charge < -0.3 is 5.32 Å². The molecule has 0 radical (unpaired) electrons. The second-order valence-electron chi connectivity index (χ2n) is 4.27. The van der Waals surface area contributed by atoms with E-state index in [-0.39, 0.29) is 5.69 Å². The van der Waals surface area contributed by atoms with Crippen LogP contribution in [-0.4, -0.2) is 14.9 Å². The zero-order valence-electron chi connectivity index (χ0n) is 10.8. The van der Waals surface area contributed by atoms with Gasteiger partial charge in [0, 0.05) is 24.5 Å². The van der Waals surface area contributed by atoms with Crippen molar-refractivity contribution in [2.75, 3.05) is 5.32 Å². The molecule has 0 spiro atoms. The number of hydrogen-bond donors (Lipinski definition) is 1. The van der Waals surface area contributed by atoms with Crippen LogP contribution < -0.4 is 5.32 Å². The Morgan fingerprint density at radius 2 is 2.11 bits per heavy atom. The molecule has 2 aromatic rings. The molecule has 0 saturated carbocycles. The van der Waals surface area contributed by atoms with Crippen molar-refractivity contribution in [1.82, 2.24) is 9.97 Å². The van der Waals surface area contributed by atoms with Crippen LogP contribution in [0.4, 0.5) is 11.5 Å². The summed E-state index contributed by atoms with van der Waals surface area (Å²) >= 11 is 0. The highest BCUT2D eigenvalue weighted by Crippen LogP contribution is 2.19. The summed E-state index contributed by atoms with van der Waals surface area (Å²) in [7, 11) is 0. The fourth-order valence-corrected chi connectivity index (χ4v) is 1.72. The fraction of sp³-hybridized carbons (Fsp3) is 0.231. The highest BCUT2D eigenvalue weighted by Gasteiger charge is 2.11. The third-order valence-corrected chi connectivity index (χ3v) is 2.88. The van der Waals surface area contributed by atoms with E-state index < -0.39 is 4.92 Å². The Kier molecular flexibility index (Phi) is 3.70. The van der Waals surface area contributed by atoms with Crippen molar-refractivity contribution in [3.63, 3.8) is 0 Å². The predicted molar refractivity (Wildman–Crippen MR) is 71.9 cm³/mol. The second kappa shape index (κ2) is 5.43. The number of aromatic nitrogens is 2. The molecular formula is C13H14N4O2. The molecule has 6 heteroatoms. The summed E-state index contributed by atoms with van der Waals surface area (Å²) in [5.41, 5.74) is 2.83. The van der Waals surface area contributed by atoms with Crippen LogP contribution in [0, 0.1) is 24.0 Å². The molecule has 0 unspecified atom stereocenters. The standard InChI is InChI=1S/C13H14N4O2/c1-9-5-13(16-8-12(9)17(18)19)15-7-11-3-4-14-6-10(11)2/h3-6,8H,7H2,1-2H3,(H,15,16). The molecule has 0 bridgehead atoms. The lowest BCUT2D eigenvalue weighted by Gasteiger charge is -2.08. The van der Waals surface area contributed by atoms with Gasteiger partial charge >= 0.3 is 0 Å². The van der Waals surface area contributed by atoms with Crippen molar-refractivity contribution < 1.29 is 4.92 Å². The summed E-state index contributed by atoms with van der Waals surface area (Å²) in [5.74, 6) is 0.624. The highest BCUT2D eigenvalue weighted by molar-refractivity contribution is 5.47. The third-order valence-electron chi connectivity index (χ3n) is 2.88. The number of pyridine rings is 2. The Hall–Kier alpha value is -2.50. The molecule has 0 aromatic carbocycles. The van der Waals surface area contributed by atoms with Gasteiger partial charge in [-0.2, -0.15) is 0 Å². The Morgan fingerprint density at radius 1 is 1.32 bits per heavy atom. The molecule has 0 saturated heterocycles. The minimum absolute atomic E-state index is 0.0330. The molecule has 0 aliphatic heterocycles. The van der Waals surface area contributed by atoms with Crippen LogP contribution in [0.25, 0.3) is 0 Å². The van der Waals surface area contributed by atoms with E-state index in [2.05, 4.69) is 15.3 Å². The zero-order chi connectivity index (χ0) is 13.8. The number of aryl methyl sites for hydroxylation is 2.